The molecule has 1 amide bonds. The van der Waals surface area contributed by atoms with Gasteiger partial charge < -0.3 is 10.8 Å². The molecule has 0 bridgehead atoms. The molecule has 0 aliphatic rings. The van der Waals surface area contributed by atoms with Crippen LogP contribution in [-0.4, -0.2) is 49.8 Å². The zero-order valence-corrected chi connectivity index (χ0v) is 9.66. The molecule has 0 radical (unpaired) electrons. The van der Waals surface area contributed by atoms with Crippen molar-refractivity contribution in [1.29, 1.82) is 0 Å². The highest BCUT2D eigenvalue weighted by molar-refractivity contribution is 7.87. The summed E-state index contributed by atoms with van der Waals surface area (Å²) in [5, 5.41) is 8.37. The van der Waals surface area contributed by atoms with E-state index in [9.17, 15) is 18.0 Å². The Morgan fingerprint density at radius 2 is 1.94 bits per heavy atom. The minimum absolute atomic E-state index is 0.102. The van der Waals surface area contributed by atoms with E-state index in [0.29, 0.717) is 0 Å². The molecule has 0 rings (SSSR count). The predicted octanol–water partition coefficient (Wildman–Crippen LogP) is -1.90. The highest BCUT2D eigenvalue weighted by atomic mass is 32.2. The summed E-state index contributed by atoms with van der Waals surface area (Å²) < 4.78 is 25.8. The number of carboxylic acids is 1. The van der Waals surface area contributed by atoms with Crippen LogP contribution in [0.3, 0.4) is 0 Å². The van der Waals surface area contributed by atoms with Crippen LogP contribution in [0.4, 0.5) is 0 Å². The van der Waals surface area contributed by atoms with Gasteiger partial charge in [-0.05, 0) is 0 Å². The van der Waals surface area contributed by atoms with E-state index >= 15 is 0 Å². The summed E-state index contributed by atoms with van der Waals surface area (Å²) in [6.45, 7) is -0.240. The molecule has 0 saturated carbocycles. The van der Waals surface area contributed by atoms with E-state index in [1.807, 2.05) is 0 Å². The Morgan fingerprint density at radius 3 is 2.38 bits per heavy atom. The summed E-state index contributed by atoms with van der Waals surface area (Å²) in [6.07, 6.45) is -0.390. The molecule has 94 valence electrons. The predicted molar refractivity (Wildman–Crippen MR) is 55.6 cm³/mol. The van der Waals surface area contributed by atoms with Crippen LogP contribution >= 0.6 is 0 Å². The lowest BCUT2D eigenvalue weighted by Gasteiger charge is -2.16. The monoisotopic (exact) mass is 253 g/mol. The average molecular weight is 253 g/mol. The Labute approximate surface area is 93.6 Å². The van der Waals surface area contributed by atoms with Crippen LogP contribution in [0.1, 0.15) is 12.8 Å². The zero-order chi connectivity index (χ0) is 12.8. The maximum Gasteiger partial charge on any atom is 0.304 e. The summed E-state index contributed by atoms with van der Waals surface area (Å²) in [5.74, 6) is -1.70. The molecule has 0 aliphatic heterocycles. The Hall–Kier alpha value is -1.19. The second-order valence-corrected chi connectivity index (χ2v) is 4.94. The fourth-order valence-electron chi connectivity index (χ4n) is 0.787. The Bertz CT molecular complexity index is 353. The Morgan fingerprint density at radius 1 is 1.38 bits per heavy atom. The fourth-order valence-corrected chi connectivity index (χ4v) is 1.70. The van der Waals surface area contributed by atoms with Gasteiger partial charge in [0.25, 0.3) is 10.2 Å². The number of amides is 1. The second kappa shape index (κ2) is 6.40. The van der Waals surface area contributed by atoms with Crippen LogP contribution in [0.25, 0.3) is 0 Å². The van der Waals surface area contributed by atoms with Gasteiger partial charge >= 0.3 is 5.97 Å². The number of aliphatic carboxylic acids is 1. The Kier molecular flexibility index (Phi) is 5.93. The molecule has 0 unspecified atom stereocenters. The first-order valence-electron chi connectivity index (χ1n) is 4.46. The molecule has 0 aliphatic carbocycles. The minimum Gasteiger partial charge on any atom is -0.481 e. The highest BCUT2D eigenvalue weighted by Crippen LogP contribution is 1.95. The first-order chi connectivity index (χ1) is 7.25. The lowest BCUT2D eigenvalue weighted by atomic mass is 10.4. The summed E-state index contributed by atoms with van der Waals surface area (Å²) in [7, 11) is -2.49. The van der Waals surface area contributed by atoms with Gasteiger partial charge in [-0.3, -0.25) is 9.59 Å². The SMILES string of the molecule is CN(CCC(=O)O)S(=O)(=O)NCCC(N)=O. The number of rotatable bonds is 8. The molecule has 0 saturated heterocycles. The van der Waals surface area contributed by atoms with E-state index in [4.69, 9.17) is 10.8 Å². The smallest absolute Gasteiger partial charge is 0.304 e. The van der Waals surface area contributed by atoms with Gasteiger partial charge in [0.1, 0.15) is 0 Å². The van der Waals surface area contributed by atoms with Crippen LogP contribution in [0, 0.1) is 0 Å². The number of primary amides is 1. The van der Waals surface area contributed by atoms with E-state index < -0.39 is 22.1 Å². The third-order valence-electron chi connectivity index (χ3n) is 1.71. The van der Waals surface area contributed by atoms with Crippen molar-refractivity contribution in [2.45, 2.75) is 12.8 Å². The van der Waals surface area contributed by atoms with E-state index in [0.717, 1.165) is 4.31 Å². The minimum atomic E-state index is -3.74. The van der Waals surface area contributed by atoms with Gasteiger partial charge in [-0.25, -0.2) is 4.72 Å². The fraction of sp³-hybridized carbons (Fsp3) is 0.714. The van der Waals surface area contributed by atoms with Gasteiger partial charge in [-0.2, -0.15) is 12.7 Å². The number of carbonyl (C=O) groups excluding carboxylic acids is 1. The van der Waals surface area contributed by atoms with Crippen molar-refractivity contribution >= 4 is 22.1 Å². The number of hydrogen-bond donors (Lipinski definition) is 3. The average Bonchev–Trinajstić information content (AvgIpc) is 2.12. The van der Waals surface area contributed by atoms with Gasteiger partial charge in [0.2, 0.25) is 5.91 Å². The van der Waals surface area contributed by atoms with Gasteiger partial charge in [0.15, 0.2) is 0 Å². The maximum atomic E-state index is 11.4. The molecule has 0 heterocycles. The van der Waals surface area contributed by atoms with Crippen LogP contribution < -0.4 is 10.5 Å². The molecule has 0 fully saturated rings. The van der Waals surface area contributed by atoms with E-state index in [1.54, 1.807) is 0 Å². The Balaban J connectivity index is 4.10. The van der Waals surface area contributed by atoms with Crippen molar-refractivity contribution in [2.24, 2.45) is 5.73 Å². The molecular weight excluding hydrogens is 238 g/mol. The van der Waals surface area contributed by atoms with Crippen molar-refractivity contribution < 1.29 is 23.1 Å². The van der Waals surface area contributed by atoms with Crippen molar-refractivity contribution in [1.82, 2.24) is 9.03 Å². The van der Waals surface area contributed by atoms with Crippen LogP contribution in [0.15, 0.2) is 0 Å². The van der Waals surface area contributed by atoms with Gasteiger partial charge in [-0.15, -0.1) is 0 Å². The van der Waals surface area contributed by atoms with Crippen LogP contribution in [0.5, 0.6) is 0 Å². The van der Waals surface area contributed by atoms with E-state index in [2.05, 4.69) is 4.72 Å². The molecule has 0 aromatic rings. The normalized spacial score (nSPS) is 11.6. The standard InChI is InChI=1S/C7H15N3O5S/c1-10(5-3-7(12)13)16(14,15)9-4-2-6(8)11/h9H,2-5H2,1H3,(H2,8,11)(H,12,13). The highest BCUT2D eigenvalue weighted by Gasteiger charge is 2.17. The number of nitrogens with zero attached hydrogens (tertiary/aromatic N) is 1. The molecule has 8 nitrogen and oxygen atoms in total. The van der Waals surface area contributed by atoms with Crippen LogP contribution in [0.2, 0.25) is 0 Å². The van der Waals surface area contributed by atoms with Gasteiger partial charge in [0.05, 0.1) is 6.42 Å². The first kappa shape index (κ1) is 14.8. The van der Waals surface area contributed by atoms with E-state index in [1.165, 1.54) is 7.05 Å². The first-order valence-corrected chi connectivity index (χ1v) is 5.90. The molecule has 0 aromatic carbocycles. The van der Waals surface area contributed by atoms with Crippen molar-refractivity contribution in [2.75, 3.05) is 20.1 Å². The summed E-state index contributed by atoms with van der Waals surface area (Å²) in [6, 6.07) is 0. The number of hydrogen-bond acceptors (Lipinski definition) is 4. The largest absolute Gasteiger partial charge is 0.481 e. The number of nitrogens with two attached hydrogens (primary N) is 1. The molecule has 9 heteroatoms. The number of nitrogens with one attached hydrogen (secondary N) is 1. The summed E-state index contributed by atoms with van der Waals surface area (Å²) in [5.41, 5.74) is 4.83. The van der Waals surface area contributed by atoms with Crippen molar-refractivity contribution in [3.63, 3.8) is 0 Å². The molecule has 16 heavy (non-hydrogen) atoms. The third-order valence-corrected chi connectivity index (χ3v) is 3.28. The van der Waals surface area contributed by atoms with Crippen LogP contribution in [-0.2, 0) is 19.8 Å². The topological polar surface area (TPSA) is 130 Å². The second-order valence-electron chi connectivity index (χ2n) is 3.08. The molecule has 0 atom stereocenters. The lowest BCUT2D eigenvalue weighted by molar-refractivity contribution is -0.137. The molecular formula is C7H15N3O5S. The maximum absolute atomic E-state index is 11.4. The van der Waals surface area contributed by atoms with Gasteiger partial charge in [-0.1, -0.05) is 0 Å². The molecule has 0 spiro atoms. The quantitative estimate of drug-likeness (QED) is 0.465. The summed E-state index contributed by atoms with van der Waals surface area (Å²) in [4.78, 5) is 20.6. The zero-order valence-electron chi connectivity index (χ0n) is 8.84. The van der Waals surface area contributed by atoms with Crippen molar-refractivity contribution in [3.05, 3.63) is 0 Å². The third kappa shape index (κ3) is 6.32. The number of carbonyl (C=O) groups is 2. The number of carboxylic acid groups (broad SMARTS) is 1. The molecule has 4 N–H and O–H groups in total. The molecule has 0 aromatic heterocycles. The van der Waals surface area contributed by atoms with Crippen molar-refractivity contribution in [3.8, 4) is 0 Å². The van der Waals surface area contributed by atoms with Gasteiger partial charge in [0, 0.05) is 26.6 Å². The lowest BCUT2D eigenvalue weighted by Crippen LogP contribution is -2.40. The summed E-state index contributed by atoms with van der Waals surface area (Å²) >= 11 is 0. The van der Waals surface area contributed by atoms with E-state index in [-0.39, 0.29) is 25.9 Å².